The lowest BCUT2D eigenvalue weighted by molar-refractivity contribution is -0.166. The van der Waals surface area contributed by atoms with Crippen LogP contribution >= 0.6 is 0 Å². The number of hydrogen-bond acceptors (Lipinski definition) is 6. The fourth-order valence-electron chi connectivity index (χ4n) is 8.03. The van der Waals surface area contributed by atoms with Crippen LogP contribution in [0.25, 0.3) is 0 Å². The van der Waals surface area contributed by atoms with E-state index >= 15 is 0 Å². The summed E-state index contributed by atoms with van der Waals surface area (Å²) in [5, 5.41) is 0. The Labute approximate surface area is 450 Å². The molecule has 0 aromatic carbocycles. The molecule has 6 heteroatoms. The molecule has 0 saturated carbocycles. The largest absolute Gasteiger partial charge is 0.462 e. The van der Waals surface area contributed by atoms with Crippen LogP contribution in [-0.4, -0.2) is 37.2 Å². The SMILES string of the molecule is CC/C=C\C/C=C\C/C=C\C/C=C\C/C=C\CC(=O)OCC(COC(=O)CCCCCCCCCC/C=C\C/C=C\C/C=C\C/C=C\CC)OC(=O)CCCCCCCCCCC/C=C\CCCCCCCC. The zero-order chi connectivity index (χ0) is 52.9. The third kappa shape index (κ3) is 58.6. The quantitative estimate of drug-likeness (QED) is 0.0261. The van der Waals surface area contributed by atoms with Crippen molar-refractivity contribution in [2.24, 2.45) is 0 Å². The average Bonchev–Trinajstić information content (AvgIpc) is 3.39. The van der Waals surface area contributed by atoms with Gasteiger partial charge in [-0.1, -0.05) is 258 Å². The molecule has 0 saturated heterocycles. The Morgan fingerprint density at radius 2 is 0.589 bits per heavy atom. The molecule has 0 spiro atoms. The van der Waals surface area contributed by atoms with Crippen LogP contribution in [0.2, 0.25) is 0 Å². The summed E-state index contributed by atoms with van der Waals surface area (Å²) < 4.78 is 16.8. The molecule has 0 radical (unpaired) electrons. The van der Waals surface area contributed by atoms with Gasteiger partial charge in [0.05, 0.1) is 6.42 Å². The topological polar surface area (TPSA) is 78.9 Å². The van der Waals surface area contributed by atoms with Crippen molar-refractivity contribution >= 4 is 17.9 Å². The average molecular weight is 1010 g/mol. The fraction of sp³-hybridized carbons (Fsp3) is 0.657. The van der Waals surface area contributed by atoms with E-state index in [9.17, 15) is 14.4 Å². The van der Waals surface area contributed by atoms with E-state index in [4.69, 9.17) is 14.2 Å². The third-order valence-corrected chi connectivity index (χ3v) is 12.5. The smallest absolute Gasteiger partial charge is 0.309 e. The van der Waals surface area contributed by atoms with Gasteiger partial charge < -0.3 is 14.2 Å². The first kappa shape index (κ1) is 68.8. The number of carbonyl (C=O) groups excluding carboxylic acids is 3. The van der Waals surface area contributed by atoms with Crippen molar-refractivity contribution in [1.82, 2.24) is 0 Å². The molecule has 6 nitrogen and oxygen atoms in total. The first-order valence-corrected chi connectivity index (χ1v) is 30.0. The molecule has 73 heavy (non-hydrogen) atoms. The van der Waals surface area contributed by atoms with Gasteiger partial charge in [0.25, 0.3) is 0 Å². The van der Waals surface area contributed by atoms with Gasteiger partial charge in [0, 0.05) is 12.8 Å². The maximum absolute atomic E-state index is 12.9. The molecule has 0 aliphatic rings. The number of ether oxygens (including phenoxy) is 3. The summed E-state index contributed by atoms with van der Waals surface area (Å²) in [4.78, 5) is 38.2. The molecule has 1 unspecified atom stereocenters. The van der Waals surface area contributed by atoms with E-state index in [1.807, 2.05) is 6.08 Å². The van der Waals surface area contributed by atoms with Gasteiger partial charge in [-0.25, -0.2) is 0 Å². The van der Waals surface area contributed by atoms with E-state index in [0.717, 1.165) is 103 Å². The van der Waals surface area contributed by atoms with Gasteiger partial charge >= 0.3 is 17.9 Å². The molecule has 0 aromatic heterocycles. The molecule has 0 N–H and O–H groups in total. The van der Waals surface area contributed by atoms with Crippen LogP contribution in [0.4, 0.5) is 0 Å². The molecule has 0 aromatic rings. The van der Waals surface area contributed by atoms with Crippen LogP contribution in [0.1, 0.15) is 265 Å². The Bertz CT molecular complexity index is 1540. The van der Waals surface area contributed by atoms with Gasteiger partial charge in [0.2, 0.25) is 0 Å². The van der Waals surface area contributed by atoms with Gasteiger partial charge in [-0.05, 0) is 109 Å². The van der Waals surface area contributed by atoms with Crippen molar-refractivity contribution in [3.63, 3.8) is 0 Å². The Balaban J connectivity index is 4.48. The maximum Gasteiger partial charge on any atom is 0.309 e. The van der Waals surface area contributed by atoms with Crippen molar-refractivity contribution in [2.75, 3.05) is 13.2 Å². The molecule has 0 fully saturated rings. The number of esters is 3. The summed E-state index contributed by atoms with van der Waals surface area (Å²) >= 11 is 0. The van der Waals surface area contributed by atoms with Crippen molar-refractivity contribution in [2.45, 2.75) is 271 Å². The highest BCUT2D eigenvalue weighted by molar-refractivity contribution is 5.72. The highest BCUT2D eigenvalue weighted by Crippen LogP contribution is 2.15. The normalized spacial score (nSPS) is 13.0. The predicted octanol–water partition coefficient (Wildman–Crippen LogP) is 20.4. The minimum absolute atomic E-state index is 0.115. The zero-order valence-electron chi connectivity index (χ0n) is 47.4. The molecular formula is C67H110O6. The van der Waals surface area contributed by atoms with E-state index in [1.54, 1.807) is 6.08 Å². The van der Waals surface area contributed by atoms with Gasteiger partial charge in [-0.3, -0.25) is 14.4 Å². The van der Waals surface area contributed by atoms with Crippen molar-refractivity contribution in [3.05, 3.63) is 122 Å². The summed E-state index contributed by atoms with van der Waals surface area (Å²) in [7, 11) is 0. The van der Waals surface area contributed by atoms with Gasteiger partial charge in [-0.15, -0.1) is 0 Å². The van der Waals surface area contributed by atoms with Crippen molar-refractivity contribution in [1.29, 1.82) is 0 Å². The van der Waals surface area contributed by atoms with Gasteiger partial charge in [0.15, 0.2) is 6.10 Å². The van der Waals surface area contributed by atoms with Gasteiger partial charge in [0.1, 0.15) is 13.2 Å². The second-order valence-corrected chi connectivity index (χ2v) is 19.5. The molecule has 0 aliphatic carbocycles. The summed E-state index contributed by atoms with van der Waals surface area (Å²) in [6.07, 6.45) is 83.6. The van der Waals surface area contributed by atoms with E-state index in [-0.39, 0.29) is 31.6 Å². The third-order valence-electron chi connectivity index (χ3n) is 12.5. The first-order valence-electron chi connectivity index (χ1n) is 30.0. The summed E-state index contributed by atoms with van der Waals surface area (Å²) in [6.45, 7) is 6.32. The second kappa shape index (κ2) is 60.4. The number of hydrogen-bond donors (Lipinski definition) is 0. The molecule has 0 amide bonds. The highest BCUT2D eigenvalue weighted by atomic mass is 16.6. The standard InChI is InChI=1S/C67H110O6/c1-4-7-10-13-16-19-22-25-28-30-32-33-35-36-39-42-45-48-51-54-57-60-66(69)72-63-64(62-71-65(68)59-56-53-50-47-44-41-38-27-24-21-18-15-12-9-6-3)73-67(70)61-58-55-52-49-46-43-40-37-34-31-29-26-23-20-17-14-11-8-5-2/h7,9-10,12,16,18-19,21,25-29,32-33,38,44,47,53,56,64H,4-6,8,11,13-15,17,20,22-24,30-31,34-37,39-43,45-46,48-52,54-55,57-63H2,1-3H3/b10-7-,12-9-,19-16-,21-18-,28-25-,29-26-,33-32-,38-27-,47-44-,56-53-. The number of unbranched alkanes of at least 4 members (excludes halogenated alkanes) is 23. The Morgan fingerprint density at radius 1 is 0.301 bits per heavy atom. The first-order chi connectivity index (χ1) is 36.0. The minimum atomic E-state index is -0.826. The Morgan fingerprint density at radius 3 is 0.973 bits per heavy atom. The monoisotopic (exact) mass is 1010 g/mol. The fourth-order valence-corrected chi connectivity index (χ4v) is 8.03. The molecule has 0 bridgehead atoms. The molecule has 0 rings (SSSR count). The van der Waals surface area contributed by atoms with Gasteiger partial charge in [-0.2, -0.15) is 0 Å². The zero-order valence-corrected chi connectivity index (χ0v) is 47.4. The lowest BCUT2D eigenvalue weighted by Gasteiger charge is -2.18. The maximum atomic E-state index is 12.9. The predicted molar refractivity (Wildman–Crippen MR) is 316 cm³/mol. The lowest BCUT2D eigenvalue weighted by Crippen LogP contribution is -2.30. The number of carbonyl (C=O) groups is 3. The summed E-state index contributed by atoms with van der Waals surface area (Å²) in [5.41, 5.74) is 0. The number of rotatable bonds is 53. The Kier molecular flexibility index (Phi) is 56.9. The van der Waals surface area contributed by atoms with Crippen LogP contribution in [0.3, 0.4) is 0 Å². The van der Waals surface area contributed by atoms with E-state index in [0.29, 0.717) is 12.8 Å². The molecule has 0 aliphatic heterocycles. The summed E-state index contributed by atoms with van der Waals surface area (Å²) in [5.74, 6) is -1.06. The summed E-state index contributed by atoms with van der Waals surface area (Å²) in [6, 6.07) is 0. The van der Waals surface area contributed by atoms with E-state index in [1.165, 1.54) is 122 Å². The lowest BCUT2D eigenvalue weighted by atomic mass is 10.1. The molecule has 1 atom stereocenters. The van der Waals surface area contributed by atoms with Crippen LogP contribution in [-0.2, 0) is 28.6 Å². The molecule has 0 heterocycles. The minimum Gasteiger partial charge on any atom is -0.462 e. The van der Waals surface area contributed by atoms with Crippen molar-refractivity contribution < 1.29 is 28.6 Å². The van der Waals surface area contributed by atoms with Crippen LogP contribution < -0.4 is 0 Å². The van der Waals surface area contributed by atoms with Crippen LogP contribution in [0, 0.1) is 0 Å². The molecular weight excluding hydrogens is 901 g/mol. The van der Waals surface area contributed by atoms with E-state index < -0.39 is 12.1 Å². The second-order valence-electron chi connectivity index (χ2n) is 19.5. The number of allylic oxidation sites excluding steroid dienone is 19. The molecule has 414 valence electrons. The van der Waals surface area contributed by atoms with E-state index in [2.05, 4.69) is 130 Å². The van der Waals surface area contributed by atoms with Crippen LogP contribution in [0.5, 0.6) is 0 Å². The Hall–Kier alpha value is -4.19. The highest BCUT2D eigenvalue weighted by Gasteiger charge is 2.19. The van der Waals surface area contributed by atoms with Crippen molar-refractivity contribution in [3.8, 4) is 0 Å². The van der Waals surface area contributed by atoms with Crippen LogP contribution in [0.15, 0.2) is 122 Å².